The van der Waals surface area contributed by atoms with Gasteiger partial charge in [0.2, 0.25) is 5.91 Å². The molecule has 0 aliphatic heterocycles. The van der Waals surface area contributed by atoms with Gasteiger partial charge in [0.25, 0.3) is 0 Å². The van der Waals surface area contributed by atoms with E-state index in [0.29, 0.717) is 16.4 Å². The van der Waals surface area contributed by atoms with Crippen molar-refractivity contribution in [3.8, 4) is 11.1 Å². The van der Waals surface area contributed by atoms with Crippen molar-refractivity contribution in [3.63, 3.8) is 0 Å². The largest absolute Gasteiger partial charge is 0.323 e. The second-order valence-corrected chi connectivity index (χ2v) is 5.15. The van der Waals surface area contributed by atoms with Gasteiger partial charge >= 0.3 is 0 Å². The highest BCUT2D eigenvalue weighted by atomic mass is 35.5. The minimum absolute atomic E-state index is 0.158. The van der Waals surface area contributed by atoms with Crippen LogP contribution in [0.25, 0.3) is 16.8 Å². The first-order valence-electron chi connectivity index (χ1n) is 6.44. The standard InChI is InChI=1S/C15H13ClN4O/c1-9-18-19-15-14(17-10(2)21)7-11(8-20(9)15)12-5-3-4-6-13(12)16/h3-8H,1-2H3,(H,17,21). The normalized spacial score (nSPS) is 10.8. The van der Waals surface area contributed by atoms with Crippen molar-refractivity contribution in [1.82, 2.24) is 14.6 Å². The lowest BCUT2D eigenvalue weighted by molar-refractivity contribution is -0.114. The number of fused-ring (bicyclic) bond motifs is 1. The average Bonchev–Trinajstić information content (AvgIpc) is 2.81. The molecule has 0 aliphatic carbocycles. The van der Waals surface area contributed by atoms with Gasteiger partial charge in [0.05, 0.1) is 5.69 Å². The zero-order valence-electron chi connectivity index (χ0n) is 11.6. The van der Waals surface area contributed by atoms with Gasteiger partial charge in [-0.05, 0) is 19.1 Å². The van der Waals surface area contributed by atoms with E-state index < -0.39 is 0 Å². The van der Waals surface area contributed by atoms with Gasteiger partial charge < -0.3 is 5.32 Å². The Hall–Kier alpha value is -2.40. The number of nitrogens with one attached hydrogen (secondary N) is 1. The molecule has 0 fully saturated rings. The zero-order valence-corrected chi connectivity index (χ0v) is 12.3. The topological polar surface area (TPSA) is 59.3 Å². The molecule has 0 atom stereocenters. The molecular weight excluding hydrogens is 288 g/mol. The van der Waals surface area contributed by atoms with Crippen LogP contribution in [-0.4, -0.2) is 20.5 Å². The number of hydrogen-bond acceptors (Lipinski definition) is 3. The summed E-state index contributed by atoms with van der Waals surface area (Å²) in [6.45, 7) is 3.32. The van der Waals surface area contributed by atoms with Crippen LogP contribution in [0.3, 0.4) is 0 Å². The first-order valence-corrected chi connectivity index (χ1v) is 6.82. The highest BCUT2D eigenvalue weighted by Gasteiger charge is 2.12. The van der Waals surface area contributed by atoms with Crippen LogP contribution in [0.1, 0.15) is 12.7 Å². The number of rotatable bonds is 2. The van der Waals surface area contributed by atoms with Crippen molar-refractivity contribution in [2.45, 2.75) is 13.8 Å². The first kappa shape index (κ1) is 13.6. The van der Waals surface area contributed by atoms with Gasteiger partial charge in [-0.15, -0.1) is 10.2 Å². The molecule has 21 heavy (non-hydrogen) atoms. The lowest BCUT2D eigenvalue weighted by Gasteiger charge is -2.10. The average molecular weight is 301 g/mol. The quantitative estimate of drug-likeness (QED) is 0.790. The summed E-state index contributed by atoms with van der Waals surface area (Å²) in [7, 11) is 0. The Morgan fingerprint density at radius 1 is 1.29 bits per heavy atom. The van der Waals surface area contributed by atoms with Gasteiger partial charge in [-0.25, -0.2) is 0 Å². The van der Waals surface area contributed by atoms with E-state index in [4.69, 9.17) is 11.6 Å². The van der Waals surface area contributed by atoms with E-state index in [1.807, 2.05) is 47.9 Å². The predicted molar refractivity (Wildman–Crippen MR) is 82.5 cm³/mol. The number of anilines is 1. The van der Waals surface area contributed by atoms with E-state index in [1.54, 1.807) is 0 Å². The summed E-state index contributed by atoms with van der Waals surface area (Å²) in [5, 5.41) is 11.6. The Balaban J connectivity index is 2.27. The lowest BCUT2D eigenvalue weighted by Crippen LogP contribution is -2.08. The molecule has 1 aromatic carbocycles. The van der Waals surface area contributed by atoms with E-state index in [-0.39, 0.29) is 5.91 Å². The third-order valence-electron chi connectivity index (χ3n) is 3.17. The summed E-state index contributed by atoms with van der Waals surface area (Å²) in [6, 6.07) is 9.41. The summed E-state index contributed by atoms with van der Waals surface area (Å²) >= 11 is 6.25. The minimum atomic E-state index is -0.158. The Labute approximate surface area is 126 Å². The van der Waals surface area contributed by atoms with Crippen LogP contribution in [0.5, 0.6) is 0 Å². The molecule has 3 rings (SSSR count). The molecule has 1 amide bonds. The molecule has 0 unspecified atom stereocenters. The Morgan fingerprint density at radius 2 is 2.05 bits per heavy atom. The molecule has 1 N–H and O–H groups in total. The van der Waals surface area contributed by atoms with Crippen LogP contribution in [0.4, 0.5) is 5.69 Å². The maximum Gasteiger partial charge on any atom is 0.221 e. The van der Waals surface area contributed by atoms with Crippen LogP contribution >= 0.6 is 11.6 Å². The van der Waals surface area contributed by atoms with Crippen molar-refractivity contribution in [3.05, 3.63) is 47.4 Å². The van der Waals surface area contributed by atoms with E-state index >= 15 is 0 Å². The molecule has 0 aliphatic rings. The molecule has 0 bridgehead atoms. The van der Waals surface area contributed by atoms with Gasteiger partial charge in [-0.3, -0.25) is 9.20 Å². The number of halogens is 1. The molecule has 3 aromatic rings. The van der Waals surface area contributed by atoms with Crippen molar-refractivity contribution in [1.29, 1.82) is 0 Å². The third-order valence-corrected chi connectivity index (χ3v) is 3.50. The van der Waals surface area contributed by atoms with Gasteiger partial charge in [0.1, 0.15) is 5.82 Å². The van der Waals surface area contributed by atoms with Crippen LogP contribution in [0.2, 0.25) is 5.02 Å². The van der Waals surface area contributed by atoms with Crippen LogP contribution in [0.15, 0.2) is 36.5 Å². The number of aromatic nitrogens is 3. The summed E-state index contributed by atoms with van der Waals surface area (Å²) in [5.74, 6) is 0.583. The molecule has 0 radical (unpaired) electrons. The number of carbonyl (C=O) groups excluding carboxylic acids is 1. The van der Waals surface area contributed by atoms with Crippen LogP contribution in [-0.2, 0) is 4.79 Å². The highest BCUT2D eigenvalue weighted by Crippen LogP contribution is 2.31. The van der Waals surface area contributed by atoms with Crippen molar-refractivity contribution in [2.24, 2.45) is 0 Å². The minimum Gasteiger partial charge on any atom is -0.323 e. The lowest BCUT2D eigenvalue weighted by atomic mass is 10.1. The molecule has 0 saturated carbocycles. The molecule has 0 saturated heterocycles. The monoisotopic (exact) mass is 300 g/mol. The molecule has 6 heteroatoms. The summed E-state index contributed by atoms with van der Waals surface area (Å²) < 4.78 is 1.84. The number of nitrogens with zero attached hydrogens (tertiary/aromatic N) is 3. The fraction of sp³-hybridized carbons (Fsp3) is 0.133. The number of benzene rings is 1. The maximum absolute atomic E-state index is 11.4. The Bertz CT molecular complexity index is 841. The summed E-state index contributed by atoms with van der Waals surface area (Å²) in [5.41, 5.74) is 3.00. The van der Waals surface area contributed by atoms with Crippen molar-refractivity contribution < 1.29 is 4.79 Å². The molecule has 2 aromatic heterocycles. The third kappa shape index (κ3) is 2.48. The Kier molecular flexibility index (Phi) is 3.35. The fourth-order valence-electron chi connectivity index (χ4n) is 2.23. The SMILES string of the molecule is CC(=O)Nc1cc(-c2ccccc2Cl)cn2c(C)nnc12. The van der Waals surface area contributed by atoms with E-state index in [2.05, 4.69) is 15.5 Å². The number of hydrogen-bond donors (Lipinski definition) is 1. The number of amides is 1. The highest BCUT2D eigenvalue weighted by molar-refractivity contribution is 6.33. The number of aryl methyl sites for hydroxylation is 1. The zero-order chi connectivity index (χ0) is 15.0. The van der Waals surface area contributed by atoms with Gasteiger partial charge in [-0.1, -0.05) is 29.8 Å². The van der Waals surface area contributed by atoms with Crippen LogP contribution < -0.4 is 5.32 Å². The fourth-order valence-corrected chi connectivity index (χ4v) is 2.47. The summed E-state index contributed by atoms with van der Waals surface area (Å²) in [6.07, 6.45) is 1.91. The second kappa shape index (κ2) is 5.18. The molecule has 5 nitrogen and oxygen atoms in total. The van der Waals surface area contributed by atoms with Gasteiger partial charge in [0.15, 0.2) is 5.65 Å². The van der Waals surface area contributed by atoms with E-state index in [9.17, 15) is 4.79 Å². The summed E-state index contributed by atoms with van der Waals surface area (Å²) in [4.78, 5) is 11.4. The van der Waals surface area contributed by atoms with Crippen molar-refractivity contribution >= 4 is 28.8 Å². The van der Waals surface area contributed by atoms with Crippen LogP contribution in [0, 0.1) is 6.92 Å². The maximum atomic E-state index is 11.4. The molecular formula is C15H13ClN4O. The first-order chi connectivity index (χ1) is 10.1. The second-order valence-electron chi connectivity index (χ2n) is 4.74. The number of pyridine rings is 1. The smallest absolute Gasteiger partial charge is 0.221 e. The number of carbonyl (C=O) groups is 1. The van der Waals surface area contributed by atoms with Gasteiger partial charge in [0, 0.05) is 29.3 Å². The predicted octanol–water partition coefficient (Wildman–Crippen LogP) is 3.32. The van der Waals surface area contributed by atoms with E-state index in [1.165, 1.54) is 6.92 Å². The molecule has 106 valence electrons. The Morgan fingerprint density at radius 3 is 2.76 bits per heavy atom. The van der Waals surface area contributed by atoms with Gasteiger partial charge in [-0.2, -0.15) is 0 Å². The molecule has 0 spiro atoms. The van der Waals surface area contributed by atoms with E-state index in [0.717, 1.165) is 17.0 Å². The van der Waals surface area contributed by atoms with Crippen molar-refractivity contribution in [2.75, 3.05) is 5.32 Å². The molecule has 2 heterocycles.